The van der Waals surface area contributed by atoms with E-state index in [1.54, 1.807) is 14.1 Å². The summed E-state index contributed by atoms with van der Waals surface area (Å²) in [5.41, 5.74) is -0.0881. The molecular formula is C12H18N2O2S2. The van der Waals surface area contributed by atoms with Crippen molar-refractivity contribution in [3.8, 4) is 0 Å². The van der Waals surface area contributed by atoms with Crippen LogP contribution in [0.4, 0.5) is 0 Å². The van der Waals surface area contributed by atoms with E-state index in [9.17, 15) is 9.59 Å². The maximum atomic E-state index is 12.1. The average molecular weight is 286 g/mol. The molecule has 1 aliphatic rings. The van der Waals surface area contributed by atoms with E-state index in [0.29, 0.717) is 9.23 Å². The molecule has 100 valence electrons. The predicted octanol–water partition coefficient (Wildman–Crippen LogP) is 1.86. The highest BCUT2D eigenvalue weighted by Gasteiger charge is 2.34. The number of hydrogen-bond acceptors (Lipinski definition) is 4. The van der Waals surface area contributed by atoms with Gasteiger partial charge in [-0.1, -0.05) is 50.8 Å². The molecule has 2 amide bonds. The first-order valence-electron chi connectivity index (χ1n) is 5.58. The Hall–Kier alpha value is -0.880. The lowest BCUT2D eigenvalue weighted by atomic mass is 9.96. The molecule has 0 aromatic rings. The Morgan fingerprint density at radius 1 is 1.44 bits per heavy atom. The second-order valence-electron chi connectivity index (χ2n) is 5.42. The third kappa shape index (κ3) is 3.81. The number of thiocarbonyl (C=S) groups is 1. The maximum absolute atomic E-state index is 12.1. The molecule has 1 heterocycles. The van der Waals surface area contributed by atoms with Crippen LogP contribution in [0.1, 0.15) is 20.8 Å². The molecule has 0 bridgehead atoms. The van der Waals surface area contributed by atoms with Gasteiger partial charge in [0.1, 0.15) is 10.9 Å². The third-order valence-corrected chi connectivity index (χ3v) is 3.61. The van der Waals surface area contributed by atoms with Crippen LogP contribution in [0.25, 0.3) is 0 Å². The van der Waals surface area contributed by atoms with Gasteiger partial charge in [-0.3, -0.25) is 14.5 Å². The monoisotopic (exact) mass is 286 g/mol. The number of allylic oxidation sites excluding steroid dienone is 1. The van der Waals surface area contributed by atoms with Gasteiger partial charge in [0.25, 0.3) is 5.91 Å². The highest BCUT2D eigenvalue weighted by Crippen LogP contribution is 2.34. The van der Waals surface area contributed by atoms with Crippen LogP contribution in [0.2, 0.25) is 0 Å². The molecule has 0 radical (unpaired) electrons. The molecule has 0 aromatic carbocycles. The molecule has 4 nitrogen and oxygen atoms in total. The van der Waals surface area contributed by atoms with E-state index in [2.05, 4.69) is 0 Å². The summed E-state index contributed by atoms with van der Waals surface area (Å²) in [4.78, 5) is 27.2. The van der Waals surface area contributed by atoms with E-state index < -0.39 is 0 Å². The summed E-state index contributed by atoms with van der Waals surface area (Å²) in [7, 11) is 3.32. The van der Waals surface area contributed by atoms with Gasteiger partial charge >= 0.3 is 0 Å². The molecule has 0 saturated carbocycles. The lowest BCUT2D eigenvalue weighted by Crippen LogP contribution is -2.38. The molecule has 18 heavy (non-hydrogen) atoms. The number of rotatable bonds is 2. The van der Waals surface area contributed by atoms with Crippen LogP contribution in [-0.4, -0.2) is 46.6 Å². The zero-order chi connectivity index (χ0) is 14.1. The van der Waals surface area contributed by atoms with Crippen LogP contribution in [-0.2, 0) is 9.59 Å². The molecule has 0 aliphatic carbocycles. The summed E-state index contributed by atoms with van der Waals surface area (Å²) >= 11 is 6.41. The molecule has 0 atom stereocenters. The fourth-order valence-electron chi connectivity index (χ4n) is 1.31. The minimum atomic E-state index is -0.171. The molecule has 0 N–H and O–H groups in total. The molecule has 1 fully saturated rings. The van der Waals surface area contributed by atoms with Gasteiger partial charge < -0.3 is 4.90 Å². The first-order chi connectivity index (χ1) is 8.11. The van der Waals surface area contributed by atoms with E-state index in [0.717, 1.165) is 0 Å². The maximum Gasteiger partial charge on any atom is 0.266 e. The summed E-state index contributed by atoms with van der Waals surface area (Å²) in [5, 5.41) is 0. The van der Waals surface area contributed by atoms with Gasteiger partial charge in [0.2, 0.25) is 5.91 Å². The highest BCUT2D eigenvalue weighted by atomic mass is 32.2. The molecule has 1 saturated heterocycles. The summed E-state index contributed by atoms with van der Waals surface area (Å²) in [5.74, 6) is -0.307. The van der Waals surface area contributed by atoms with Crippen molar-refractivity contribution in [3.05, 3.63) is 11.0 Å². The first kappa shape index (κ1) is 15.2. The quantitative estimate of drug-likeness (QED) is 0.574. The number of carbonyl (C=O) groups excluding carboxylic acids is 2. The molecule has 0 aromatic heterocycles. The Morgan fingerprint density at radius 2 is 2.00 bits per heavy atom. The van der Waals surface area contributed by atoms with Gasteiger partial charge in [-0.2, -0.15) is 0 Å². The van der Waals surface area contributed by atoms with Gasteiger partial charge in [0.15, 0.2) is 0 Å². The number of thioether (sulfide) groups is 1. The summed E-state index contributed by atoms with van der Waals surface area (Å²) in [6.07, 6.45) is 1.90. The van der Waals surface area contributed by atoms with Gasteiger partial charge in [0.05, 0.1) is 4.91 Å². The summed E-state index contributed by atoms with van der Waals surface area (Å²) in [6.45, 7) is 6.07. The van der Waals surface area contributed by atoms with Crippen molar-refractivity contribution < 1.29 is 9.59 Å². The van der Waals surface area contributed by atoms with Crippen molar-refractivity contribution in [2.24, 2.45) is 5.41 Å². The first-order valence-corrected chi connectivity index (χ1v) is 6.81. The van der Waals surface area contributed by atoms with E-state index in [-0.39, 0.29) is 23.8 Å². The van der Waals surface area contributed by atoms with Crippen LogP contribution in [0, 0.1) is 5.41 Å². The van der Waals surface area contributed by atoms with Crippen LogP contribution in [0.5, 0.6) is 0 Å². The standard InChI is InChI=1S/C12H18N2O2S2/c1-12(2,3)6-8-10(16)14(11(17)18-8)7-9(15)13(4)5/h6H,7H2,1-5H3/b8-6-. The Labute approximate surface area is 117 Å². The Morgan fingerprint density at radius 3 is 2.44 bits per heavy atom. The topological polar surface area (TPSA) is 40.6 Å². The zero-order valence-corrected chi connectivity index (χ0v) is 12.9. The Kier molecular flexibility index (Phi) is 4.55. The lowest BCUT2D eigenvalue weighted by Gasteiger charge is -2.17. The summed E-state index contributed by atoms with van der Waals surface area (Å²) in [6, 6.07) is 0. The average Bonchev–Trinajstić information content (AvgIpc) is 2.43. The van der Waals surface area contributed by atoms with E-state index in [1.165, 1.54) is 21.6 Å². The molecule has 1 aliphatic heterocycles. The van der Waals surface area contributed by atoms with Crippen LogP contribution < -0.4 is 0 Å². The minimum Gasteiger partial charge on any atom is -0.347 e. The van der Waals surface area contributed by atoms with Crippen molar-refractivity contribution in [1.29, 1.82) is 0 Å². The van der Waals surface area contributed by atoms with Crippen LogP contribution >= 0.6 is 24.0 Å². The fraction of sp³-hybridized carbons (Fsp3) is 0.583. The molecule has 0 unspecified atom stereocenters. The molecule has 6 heteroatoms. The van der Waals surface area contributed by atoms with Crippen molar-refractivity contribution in [2.75, 3.05) is 20.6 Å². The van der Waals surface area contributed by atoms with Gasteiger partial charge in [0, 0.05) is 14.1 Å². The van der Waals surface area contributed by atoms with Gasteiger partial charge in [-0.05, 0) is 5.41 Å². The Bertz CT molecular complexity index is 422. The van der Waals surface area contributed by atoms with E-state index >= 15 is 0 Å². The number of amides is 2. The van der Waals surface area contributed by atoms with Crippen molar-refractivity contribution in [3.63, 3.8) is 0 Å². The van der Waals surface area contributed by atoms with Crippen molar-refractivity contribution in [1.82, 2.24) is 9.80 Å². The summed E-state index contributed by atoms with van der Waals surface area (Å²) < 4.78 is 0.450. The molecular weight excluding hydrogens is 268 g/mol. The zero-order valence-electron chi connectivity index (χ0n) is 11.3. The van der Waals surface area contributed by atoms with Crippen LogP contribution in [0.3, 0.4) is 0 Å². The van der Waals surface area contributed by atoms with E-state index in [1.807, 2.05) is 26.8 Å². The number of carbonyl (C=O) groups is 2. The van der Waals surface area contributed by atoms with Gasteiger partial charge in [-0.15, -0.1) is 0 Å². The van der Waals surface area contributed by atoms with Crippen LogP contribution in [0.15, 0.2) is 11.0 Å². The number of nitrogens with zero attached hydrogens (tertiary/aromatic N) is 2. The molecule has 1 rings (SSSR count). The molecule has 0 spiro atoms. The predicted molar refractivity (Wildman–Crippen MR) is 78.1 cm³/mol. The lowest BCUT2D eigenvalue weighted by molar-refractivity contribution is -0.133. The third-order valence-electron chi connectivity index (χ3n) is 2.23. The van der Waals surface area contributed by atoms with Crippen molar-refractivity contribution >= 4 is 40.1 Å². The number of likely N-dealkylation sites (N-methyl/N-ethyl adjacent to an activating group) is 1. The van der Waals surface area contributed by atoms with Crippen molar-refractivity contribution in [2.45, 2.75) is 20.8 Å². The van der Waals surface area contributed by atoms with Gasteiger partial charge in [-0.25, -0.2) is 0 Å². The smallest absolute Gasteiger partial charge is 0.266 e. The minimum absolute atomic E-state index is 0.0130. The normalized spacial score (nSPS) is 18.7. The second kappa shape index (κ2) is 5.40. The SMILES string of the molecule is CN(C)C(=O)CN1C(=O)/C(=C/C(C)(C)C)SC1=S. The highest BCUT2D eigenvalue weighted by molar-refractivity contribution is 8.26. The largest absolute Gasteiger partial charge is 0.347 e. The fourth-order valence-corrected chi connectivity index (χ4v) is 2.78. The van der Waals surface area contributed by atoms with E-state index in [4.69, 9.17) is 12.2 Å². The Balaban J connectivity index is 2.86. The second-order valence-corrected chi connectivity index (χ2v) is 7.10. The number of hydrogen-bond donors (Lipinski definition) is 0.